The lowest BCUT2D eigenvalue weighted by molar-refractivity contribution is -0.384. The third-order valence-electron chi connectivity index (χ3n) is 7.01. The van der Waals surface area contributed by atoms with Crippen LogP contribution in [0.3, 0.4) is 0 Å². The monoisotopic (exact) mass is 523 g/mol. The number of rotatable bonds is 9. The Bertz CT molecular complexity index is 1290. The third kappa shape index (κ3) is 4.79. The van der Waals surface area contributed by atoms with Crippen LogP contribution in [0.1, 0.15) is 37.8 Å². The van der Waals surface area contributed by atoms with Gasteiger partial charge >= 0.3 is 12.1 Å². The highest BCUT2D eigenvalue weighted by Gasteiger charge is 2.58. The van der Waals surface area contributed by atoms with E-state index in [2.05, 4.69) is 23.9 Å². The molecule has 0 aliphatic carbocycles. The highest BCUT2D eigenvalue weighted by molar-refractivity contribution is 5.75. The van der Waals surface area contributed by atoms with Crippen LogP contribution in [0.25, 0.3) is 6.08 Å². The topological polar surface area (TPSA) is 137 Å². The largest absolute Gasteiger partial charge is 0.464 e. The zero-order chi connectivity index (χ0) is 27.5. The van der Waals surface area contributed by atoms with Crippen LogP contribution in [0.4, 0.5) is 16.2 Å². The van der Waals surface area contributed by atoms with Gasteiger partial charge in [-0.2, -0.15) is 0 Å². The first-order chi connectivity index (χ1) is 18.1. The number of alkyl carbamates (subject to hydrolysis) is 1. The molecule has 1 unspecified atom stereocenters. The molecule has 2 heterocycles. The normalized spacial score (nSPS) is 19.1. The van der Waals surface area contributed by atoms with Crippen molar-refractivity contribution in [1.82, 2.24) is 5.32 Å². The quantitative estimate of drug-likeness (QED) is 0.225. The second-order valence-corrected chi connectivity index (χ2v) is 9.54. The van der Waals surface area contributed by atoms with Crippen LogP contribution < -0.4 is 15.0 Å². The van der Waals surface area contributed by atoms with Crippen LogP contribution >= 0.6 is 0 Å². The Morgan fingerprint density at radius 2 is 2.00 bits per heavy atom. The first-order valence-corrected chi connectivity index (χ1v) is 12.1. The number of ether oxygens (including phenoxy) is 3. The number of nitrogens with one attached hydrogen (secondary N) is 1. The number of hydrogen-bond acceptors (Lipinski definition) is 9. The summed E-state index contributed by atoms with van der Waals surface area (Å²) in [5.41, 5.74) is 1.05. The molecule has 1 spiro atoms. The minimum absolute atomic E-state index is 0.0238. The predicted molar refractivity (Wildman–Crippen MR) is 138 cm³/mol. The average molecular weight is 524 g/mol. The number of non-ortho nitro benzene ring substituents is 1. The lowest BCUT2D eigenvalue weighted by Gasteiger charge is -2.47. The number of aldehydes is 1. The molecule has 0 bridgehead atoms. The van der Waals surface area contributed by atoms with E-state index in [4.69, 9.17) is 9.47 Å². The Hall–Kier alpha value is -4.41. The maximum absolute atomic E-state index is 12.4. The number of methoxy groups -OCH3 is 1. The molecule has 4 rings (SSSR count). The van der Waals surface area contributed by atoms with Crippen LogP contribution in [0.5, 0.6) is 5.75 Å². The van der Waals surface area contributed by atoms with Crippen molar-refractivity contribution in [1.29, 1.82) is 0 Å². The van der Waals surface area contributed by atoms with Crippen LogP contribution in [0, 0.1) is 10.1 Å². The molecular weight excluding hydrogens is 494 g/mol. The van der Waals surface area contributed by atoms with Crippen molar-refractivity contribution >= 4 is 35.8 Å². The number of amides is 1. The van der Waals surface area contributed by atoms with Crippen molar-refractivity contribution in [3.63, 3.8) is 0 Å². The van der Waals surface area contributed by atoms with Gasteiger partial charge < -0.3 is 29.2 Å². The van der Waals surface area contributed by atoms with Gasteiger partial charge in [-0.1, -0.05) is 18.2 Å². The van der Waals surface area contributed by atoms with Crippen molar-refractivity contribution < 1.29 is 33.5 Å². The van der Waals surface area contributed by atoms with Crippen molar-refractivity contribution in [2.24, 2.45) is 0 Å². The number of esters is 1. The molecule has 11 heteroatoms. The number of fused-ring (bicyclic) bond motifs is 2. The lowest BCUT2D eigenvalue weighted by atomic mass is 9.76. The van der Waals surface area contributed by atoms with Crippen molar-refractivity contribution in [3.8, 4) is 5.75 Å². The molecule has 0 aromatic heterocycles. The van der Waals surface area contributed by atoms with Crippen molar-refractivity contribution in [2.45, 2.75) is 43.9 Å². The van der Waals surface area contributed by atoms with Gasteiger partial charge in [-0.15, -0.1) is 0 Å². The number of hydrogen-bond donors (Lipinski definition) is 1. The van der Waals surface area contributed by atoms with Gasteiger partial charge in [-0.05, 0) is 50.1 Å². The fourth-order valence-electron chi connectivity index (χ4n) is 4.97. The maximum atomic E-state index is 12.4. The smallest absolute Gasteiger partial charge is 0.407 e. The molecule has 2 aliphatic heterocycles. The molecule has 1 amide bonds. The summed E-state index contributed by atoms with van der Waals surface area (Å²) in [6.45, 7) is 4.47. The molecule has 2 aromatic rings. The van der Waals surface area contributed by atoms with E-state index in [1.165, 1.54) is 19.2 Å². The number of nitro groups is 1. The van der Waals surface area contributed by atoms with E-state index in [1.54, 1.807) is 6.07 Å². The predicted octanol–water partition coefficient (Wildman–Crippen LogP) is 3.74. The SMILES string of the molecule is COC(=O)N[C@H](C=O)CCC(=O)OCCN1c2ccccc2C(C)(C)C12C=Cc1cc([N+](=O)[O-])ccc1O2. The molecule has 2 atom stereocenters. The summed E-state index contributed by atoms with van der Waals surface area (Å²) in [5.74, 6) is 0.000976. The van der Waals surface area contributed by atoms with E-state index >= 15 is 0 Å². The molecule has 0 fully saturated rings. The maximum Gasteiger partial charge on any atom is 0.407 e. The average Bonchev–Trinajstić information content (AvgIpc) is 3.08. The number of anilines is 1. The number of carbonyl (C=O) groups excluding carboxylic acids is 3. The van der Waals surface area contributed by atoms with Crippen LogP contribution in [0.2, 0.25) is 0 Å². The molecule has 2 aromatic carbocycles. The van der Waals surface area contributed by atoms with Gasteiger partial charge in [-0.3, -0.25) is 14.9 Å². The van der Waals surface area contributed by atoms with Crippen molar-refractivity contribution in [2.75, 3.05) is 25.2 Å². The summed E-state index contributed by atoms with van der Waals surface area (Å²) >= 11 is 0. The number of nitro benzene ring substituents is 1. The van der Waals surface area contributed by atoms with E-state index < -0.39 is 34.2 Å². The summed E-state index contributed by atoms with van der Waals surface area (Å²) in [7, 11) is 1.18. The summed E-state index contributed by atoms with van der Waals surface area (Å²) < 4.78 is 16.5. The van der Waals surface area contributed by atoms with E-state index in [1.807, 2.05) is 41.3 Å². The Kier molecular flexibility index (Phi) is 7.38. The van der Waals surface area contributed by atoms with Crippen LogP contribution in [-0.2, 0) is 24.5 Å². The molecular formula is C27H29N3O8. The first kappa shape index (κ1) is 26.6. The van der Waals surface area contributed by atoms with Crippen LogP contribution in [0.15, 0.2) is 48.5 Å². The number of benzene rings is 2. The Balaban J connectivity index is 1.50. The Morgan fingerprint density at radius 3 is 2.71 bits per heavy atom. The number of nitrogens with zero attached hydrogens (tertiary/aromatic N) is 2. The highest BCUT2D eigenvalue weighted by atomic mass is 16.6. The van der Waals surface area contributed by atoms with Gasteiger partial charge in [0.15, 0.2) is 0 Å². The zero-order valence-electron chi connectivity index (χ0n) is 21.3. The number of carbonyl (C=O) groups is 3. The van der Waals surface area contributed by atoms with Gasteiger partial charge in [0.05, 0.1) is 30.0 Å². The summed E-state index contributed by atoms with van der Waals surface area (Å²) in [6.07, 6.45) is 3.52. The fourth-order valence-corrected chi connectivity index (χ4v) is 4.97. The molecule has 1 N–H and O–H groups in total. The van der Waals surface area contributed by atoms with E-state index in [0.29, 0.717) is 24.1 Å². The van der Waals surface area contributed by atoms with E-state index in [9.17, 15) is 24.5 Å². The Labute approximate surface area is 219 Å². The van der Waals surface area contributed by atoms with E-state index in [-0.39, 0.29) is 25.1 Å². The molecule has 11 nitrogen and oxygen atoms in total. The molecule has 38 heavy (non-hydrogen) atoms. The van der Waals surface area contributed by atoms with Crippen LogP contribution in [-0.4, -0.2) is 55.3 Å². The van der Waals surface area contributed by atoms with Gasteiger partial charge in [0.1, 0.15) is 18.6 Å². The second-order valence-electron chi connectivity index (χ2n) is 9.54. The lowest BCUT2D eigenvalue weighted by Crippen LogP contribution is -2.60. The van der Waals surface area contributed by atoms with Gasteiger partial charge in [0, 0.05) is 29.8 Å². The zero-order valence-corrected chi connectivity index (χ0v) is 21.3. The standard InChI is InChI=1S/C27H29N3O8/c1-26(2)21-6-4-5-7-22(21)29(14-15-37-24(32)11-8-19(17-31)28-25(33)36-3)27(26)13-12-18-16-20(30(34)35)9-10-23(18)38-27/h4-7,9-10,12-13,16-17,19H,8,11,14-15H2,1-3H3,(H,28,33)/t19-,27?/m0/s1. The minimum Gasteiger partial charge on any atom is -0.464 e. The summed E-state index contributed by atoms with van der Waals surface area (Å²) in [4.78, 5) is 47.7. The fraction of sp³-hybridized carbons (Fsp3) is 0.370. The Morgan fingerprint density at radius 1 is 1.24 bits per heavy atom. The third-order valence-corrected chi connectivity index (χ3v) is 7.01. The van der Waals surface area contributed by atoms with E-state index in [0.717, 1.165) is 11.3 Å². The molecule has 0 saturated carbocycles. The molecule has 2 aliphatic rings. The second kappa shape index (κ2) is 10.5. The molecule has 0 radical (unpaired) electrons. The van der Waals surface area contributed by atoms with Crippen molar-refractivity contribution in [3.05, 3.63) is 69.8 Å². The highest BCUT2D eigenvalue weighted by Crippen LogP contribution is 2.54. The van der Waals surface area contributed by atoms with Gasteiger partial charge in [-0.25, -0.2) is 4.79 Å². The summed E-state index contributed by atoms with van der Waals surface area (Å²) in [5, 5.41) is 13.6. The minimum atomic E-state index is -0.973. The summed E-state index contributed by atoms with van der Waals surface area (Å²) in [6, 6.07) is 11.5. The van der Waals surface area contributed by atoms with Gasteiger partial charge in [0.25, 0.3) is 5.69 Å². The molecule has 0 saturated heterocycles. The number of para-hydroxylation sites is 1. The first-order valence-electron chi connectivity index (χ1n) is 12.1. The van der Waals surface area contributed by atoms with Gasteiger partial charge in [0.2, 0.25) is 5.72 Å². The molecule has 200 valence electrons.